The van der Waals surface area contributed by atoms with Gasteiger partial charge in [0.2, 0.25) is 18.6 Å². The first-order valence-electron chi connectivity index (χ1n) is 10.0. The molecule has 2 aliphatic heterocycles. The zero-order chi connectivity index (χ0) is 20.5. The predicted molar refractivity (Wildman–Crippen MR) is 110 cm³/mol. The molecule has 2 heterocycles. The molecule has 152 valence electrons. The maximum Gasteiger partial charge on any atom is 0.231 e. The van der Waals surface area contributed by atoms with Crippen molar-refractivity contribution in [3.8, 4) is 11.5 Å². The van der Waals surface area contributed by atoms with Gasteiger partial charge in [0.05, 0.1) is 12.0 Å². The molecule has 1 fully saturated rings. The molecule has 6 nitrogen and oxygen atoms in total. The monoisotopic (exact) mass is 394 g/mol. The standard InChI is InChI=1S/C23H26N2O4/c1-14(2)16-4-6-17(7-5-16)15(3)24-23(27)18-10-22(26)25(12-18)19-8-9-20-21(11-19)29-13-28-20/h4-9,11,14-15,18H,10,12-13H2,1-3H3,(H,24,27)/t15-,18-/m0/s1. The van der Waals surface area contributed by atoms with Crippen LogP contribution >= 0.6 is 0 Å². The van der Waals surface area contributed by atoms with Gasteiger partial charge in [-0.15, -0.1) is 0 Å². The van der Waals surface area contributed by atoms with E-state index in [-0.39, 0.29) is 37.0 Å². The summed E-state index contributed by atoms with van der Waals surface area (Å²) in [6, 6.07) is 13.6. The molecule has 2 amide bonds. The Morgan fingerprint density at radius 2 is 1.72 bits per heavy atom. The number of hydrogen-bond donors (Lipinski definition) is 1. The summed E-state index contributed by atoms with van der Waals surface area (Å²) in [5.41, 5.74) is 3.06. The molecular weight excluding hydrogens is 368 g/mol. The molecule has 2 aromatic carbocycles. The molecule has 29 heavy (non-hydrogen) atoms. The number of carbonyl (C=O) groups is 2. The van der Waals surface area contributed by atoms with Gasteiger partial charge in [-0.05, 0) is 36.1 Å². The van der Waals surface area contributed by atoms with Crippen LogP contribution in [0.2, 0.25) is 0 Å². The van der Waals surface area contributed by atoms with Gasteiger partial charge in [-0.3, -0.25) is 9.59 Å². The van der Waals surface area contributed by atoms with Crippen molar-refractivity contribution < 1.29 is 19.1 Å². The van der Waals surface area contributed by atoms with Crippen LogP contribution in [0.1, 0.15) is 50.3 Å². The third kappa shape index (κ3) is 3.92. The molecule has 0 unspecified atom stereocenters. The van der Waals surface area contributed by atoms with Gasteiger partial charge in [0.1, 0.15) is 0 Å². The fourth-order valence-electron chi connectivity index (χ4n) is 3.77. The van der Waals surface area contributed by atoms with E-state index in [0.29, 0.717) is 24.0 Å². The van der Waals surface area contributed by atoms with Gasteiger partial charge in [-0.25, -0.2) is 0 Å². The van der Waals surface area contributed by atoms with Crippen LogP contribution < -0.4 is 19.7 Å². The molecule has 0 bridgehead atoms. The zero-order valence-electron chi connectivity index (χ0n) is 17.0. The smallest absolute Gasteiger partial charge is 0.231 e. The minimum atomic E-state index is -0.370. The molecule has 6 heteroatoms. The number of anilines is 1. The van der Waals surface area contributed by atoms with Crippen LogP contribution in [0, 0.1) is 5.92 Å². The van der Waals surface area contributed by atoms with Crippen molar-refractivity contribution in [2.24, 2.45) is 5.92 Å². The molecule has 2 aliphatic rings. The quantitative estimate of drug-likeness (QED) is 0.838. The van der Waals surface area contributed by atoms with Crippen molar-refractivity contribution in [1.82, 2.24) is 5.32 Å². The van der Waals surface area contributed by atoms with Gasteiger partial charge in [0.15, 0.2) is 11.5 Å². The number of nitrogens with one attached hydrogen (secondary N) is 1. The number of amides is 2. The first-order valence-corrected chi connectivity index (χ1v) is 10.0. The van der Waals surface area contributed by atoms with Crippen LogP contribution in [-0.4, -0.2) is 25.2 Å². The third-order valence-corrected chi connectivity index (χ3v) is 5.63. The number of fused-ring (bicyclic) bond motifs is 1. The summed E-state index contributed by atoms with van der Waals surface area (Å²) in [5.74, 6) is 1.25. The van der Waals surface area contributed by atoms with E-state index < -0.39 is 0 Å². The second-order valence-corrected chi connectivity index (χ2v) is 7.99. The Kier molecular flexibility index (Phi) is 5.18. The third-order valence-electron chi connectivity index (χ3n) is 5.63. The normalized spacial score (nSPS) is 19.0. The number of hydrogen-bond acceptors (Lipinski definition) is 4. The Bertz CT molecular complexity index is 923. The maximum atomic E-state index is 12.8. The Hall–Kier alpha value is -3.02. The lowest BCUT2D eigenvalue weighted by molar-refractivity contribution is -0.126. The van der Waals surface area contributed by atoms with E-state index in [1.807, 2.05) is 13.0 Å². The van der Waals surface area contributed by atoms with Crippen LogP contribution in [-0.2, 0) is 9.59 Å². The Morgan fingerprint density at radius 3 is 2.45 bits per heavy atom. The van der Waals surface area contributed by atoms with Crippen LogP contribution in [0.3, 0.4) is 0 Å². The van der Waals surface area contributed by atoms with Crippen molar-refractivity contribution in [1.29, 1.82) is 0 Å². The predicted octanol–water partition coefficient (Wildman–Crippen LogP) is 3.77. The van der Waals surface area contributed by atoms with Crippen molar-refractivity contribution in [2.75, 3.05) is 18.2 Å². The number of carbonyl (C=O) groups excluding carboxylic acids is 2. The maximum absolute atomic E-state index is 12.8. The summed E-state index contributed by atoms with van der Waals surface area (Å²) in [4.78, 5) is 26.9. The number of ether oxygens (including phenoxy) is 2. The van der Waals surface area contributed by atoms with Gasteiger partial charge < -0.3 is 19.7 Å². The minimum absolute atomic E-state index is 0.0574. The van der Waals surface area contributed by atoms with E-state index >= 15 is 0 Å². The first kappa shape index (κ1) is 19.3. The second kappa shape index (κ2) is 7.78. The molecule has 0 spiro atoms. The summed E-state index contributed by atoms with van der Waals surface area (Å²) in [5, 5.41) is 3.06. The van der Waals surface area contributed by atoms with Gasteiger partial charge >= 0.3 is 0 Å². The van der Waals surface area contributed by atoms with Crippen LogP contribution in [0.25, 0.3) is 0 Å². The van der Waals surface area contributed by atoms with Crippen molar-refractivity contribution in [2.45, 2.75) is 39.2 Å². The number of benzene rings is 2. The average molecular weight is 394 g/mol. The molecule has 0 radical (unpaired) electrons. The van der Waals surface area contributed by atoms with Crippen LogP contribution in [0.5, 0.6) is 11.5 Å². The summed E-state index contributed by atoms with van der Waals surface area (Å²) in [6.07, 6.45) is 0.208. The van der Waals surface area contributed by atoms with Gasteiger partial charge in [-0.1, -0.05) is 38.1 Å². The average Bonchev–Trinajstić information content (AvgIpc) is 3.33. The fourth-order valence-corrected chi connectivity index (χ4v) is 3.77. The Morgan fingerprint density at radius 1 is 1.03 bits per heavy atom. The summed E-state index contributed by atoms with van der Waals surface area (Å²) in [6.45, 7) is 6.83. The van der Waals surface area contributed by atoms with Gasteiger partial charge in [0.25, 0.3) is 0 Å². The molecule has 2 atom stereocenters. The van der Waals surface area contributed by atoms with Crippen molar-refractivity contribution >= 4 is 17.5 Å². The summed E-state index contributed by atoms with van der Waals surface area (Å²) in [7, 11) is 0. The van der Waals surface area contributed by atoms with E-state index in [2.05, 4.69) is 43.4 Å². The first-order chi connectivity index (χ1) is 13.9. The van der Waals surface area contributed by atoms with Crippen LogP contribution in [0.15, 0.2) is 42.5 Å². The van der Waals surface area contributed by atoms with Gasteiger partial charge in [0, 0.05) is 24.7 Å². The highest BCUT2D eigenvalue weighted by atomic mass is 16.7. The van der Waals surface area contributed by atoms with Crippen molar-refractivity contribution in [3.63, 3.8) is 0 Å². The summed E-state index contributed by atoms with van der Waals surface area (Å²) >= 11 is 0. The topological polar surface area (TPSA) is 67.9 Å². The highest BCUT2D eigenvalue weighted by Crippen LogP contribution is 2.37. The fraction of sp³-hybridized carbons (Fsp3) is 0.391. The zero-order valence-corrected chi connectivity index (χ0v) is 17.0. The van der Waals surface area contributed by atoms with E-state index in [1.165, 1.54) is 5.56 Å². The van der Waals surface area contributed by atoms with Crippen LogP contribution in [0.4, 0.5) is 5.69 Å². The van der Waals surface area contributed by atoms with Crippen molar-refractivity contribution in [3.05, 3.63) is 53.6 Å². The van der Waals surface area contributed by atoms with Gasteiger partial charge in [-0.2, -0.15) is 0 Å². The largest absolute Gasteiger partial charge is 0.454 e. The Labute approximate surface area is 170 Å². The lowest BCUT2D eigenvalue weighted by Crippen LogP contribution is -2.34. The number of rotatable bonds is 5. The molecule has 0 aromatic heterocycles. The van der Waals surface area contributed by atoms with E-state index in [4.69, 9.17) is 9.47 Å². The van der Waals surface area contributed by atoms with E-state index in [9.17, 15) is 9.59 Å². The van der Waals surface area contributed by atoms with E-state index in [1.54, 1.807) is 17.0 Å². The molecule has 1 N–H and O–H groups in total. The molecule has 2 aromatic rings. The molecular formula is C23H26N2O4. The highest BCUT2D eigenvalue weighted by molar-refractivity contribution is 6.00. The highest BCUT2D eigenvalue weighted by Gasteiger charge is 2.36. The summed E-state index contributed by atoms with van der Waals surface area (Å²) < 4.78 is 10.7. The Balaban J connectivity index is 1.40. The van der Waals surface area contributed by atoms with E-state index in [0.717, 1.165) is 11.3 Å². The molecule has 0 aliphatic carbocycles. The minimum Gasteiger partial charge on any atom is -0.454 e. The lowest BCUT2D eigenvalue weighted by atomic mass is 9.99. The molecule has 1 saturated heterocycles. The number of nitrogens with zero attached hydrogens (tertiary/aromatic N) is 1. The molecule has 0 saturated carbocycles. The lowest BCUT2D eigenvalue weighted by Gasteiger charge is -2.19. The molecule has 4 rings (SSSR count). The second-order valence-electron chi connectivity index (χ2n) is 7.99. The SMILES string of the molecule is CC(C)c1ccc([C@H](C)NC(=O)[C@H]2CC(=O)N(c3ccc4c(c3)OCO4)C2)cc1.